The molecule has 0 aliphatic rings. The van der Waals surface area contributed by atoms with Crippen LogP contribution < -0.4 is 5.32 Å². The van der Waals surface area contributed by atoms with E-state index in [2.05, 4.69) is 37.7 Å². The van der Waals surface area contributed by atoms with Crippen LogP contribution in [0.25, 0.3) is 0 Å². The molecule has 0 spiro atoms. The minimum absolute atomic E-state index is 0.0686. The number of rotatable bonds is 4. The maximum Gasteiger partial charge on any atom is 0.267 e. The third kappa shape index (κ3) is 2.96. The molecule has 0 saturated carbocycles. The van der Waals surface area contributed by atoms with E-state index in [9.17, 15) is 4.79 Å². The number of halogens is 1. The fourth-order valence-corrected chi connectivity index (χ4v) is 2.40. The second kappa shape index (κ2) is 5.32. The van der Waals surface area contributed by atoms with Gasteiger partial charge in [0.05, 0.1) is 0 Å². The van der Waals surface area contributed by atoms with Crippen molar-refractivity contribution in [1.29, 1.82) is 0 Å². The Morgan fingerprint density at radius 2 is 2.44 bits per heavy atom. The zero-order valence-corrected chi connectivity index (χ0v) is 10.9. The summed E-state index contributed by atoms with van der Waals surface area (Å²) in [5.74, 6) is -0.0686. The van der Waals surface area contributed by atoms with Crippen LogP contribution in [0.2, 0.25) is 0 Å². The molecule has 16 heavy (non-hydrogen) atoms. The molecule has 0 bridgehead atoms. The predicted octanol–water partition coefficient (Wildman–Crippen LogP) is 2.81. The van der Waals surface area contributed by atoms with Crippen molar-refractivity contribution in [3.05, 3.63) is 44.8 Å². The number of H-pyrrole nitrogens is 1. The molecule has 84 valence electrons. The smallest absolute Gasteiger partial charge is 0.267 e. The van der Waals surface area contributed by atoms with Crippen LogP contribution in [-0.4, -0.2) is 17.4 Å². The highest BCUT2D eigenvalue weighted by molar-refractivity contribution is 9.10. The third-order valence-corrected chi connectivity index (χ3v) is 3.36. The molecule has 2 N–H and O–H groups in total. The first-order chi connectivity index (χ1) is 7.75. The molecule has 0 fully saturated rings. The SMILES string of the molecule is O=C(NCCc1ccsc1)c1cc(Br)c[nH]1. The largest absolute Gasteiger partial charge is 0.356 e. The van der Waals surface area contributed by atoms with Crippen LogP contribution >= 0.6 is 27.3 Å². The van der Waals surface area contributed by atoms with E-state index >= 15 is 0 Å². The van der Waals surface area contributed by atoms with Crippen LogP contribution in [0.4, 0.5) is 0 Å². The zero-order valence-electron chi connectivity index (χ0n) is 8.50. The van der Waals surface area contributed by atoms with Gasteiger partial charge in [0.25, 0.3) is 5.91 Å². The molecule has 2 heterocycles. The first-order valence-corrected chi connectivity index (χ1v) is 6.62. The van der Waals surface area contributed by atoms with Crippen molar-refractivity contribution in [2.24, 2.45) is 0 Å². The van der Waals surface area contributed by atoms with Gasteiger partial charge in [0, 0.05) is 17.2 Å². The molecule has 2 aromatic rings. The summed E-state index contributed by atoms with van der Waals surface area (Å²) in [6.45, 7) is 0.659. The van der Waals surface area contributed by atoms with E-state index in [1.54, 1.807) is 23.6 Å². The van der Waals surface area contributed by atoms with E-state index in [0.717, 1.165) is 10.9 Å². The fraction of sp³-hybridized carbons (Fsp3) is 0.182. The predicted molar refractivity (Wildman–Crippen MR) is 68.8 cm³/mol. The van der Waals surface area contributed by atoms with Gasteiger partial charge < -0.3 is 10.3 Å². The summed E-state index contributed by atoms with van der Waals surface area (Å²) in [5, 5.41) is 7.00. The van der Waals surface area contributed by atoms with Crippen LogP contribution in [0.3, 0.4) is 0 Å². The molecule has 5 heteroatoms. The zero-order chi connectivity index (χ0) is 11.4. The number of carbonyl (C=O) groups is 1. The lowest BCUT2D eigenvalue weighted by Gasteiger charge is -2.02. The second-order valence-electron chi connectivity index (χ2n) is 3.37. The number of carbonyl (C=O) groups excluding carboxylic acids is 1. The summed E-state index contributed by atoms with van der Waals surface area (Å²) < 4.78 is 0.885. The quantitative estimate of drug-likeness (QED) is 0.896. The Kier molecular flexibility index (Phi) is 3.79. The molecule has 0 unspecified atom stereocenters. The number of aromatic nitrogens is 1. The van der Waals surface area contributed by atoms with Crippen molar-refractivity contribution >= 4 is 33.2 Å². The van der Waals surface area contributed by atoms with Gasteiger partial charge in [0.1, 0.15) is 5.69 Å². The lowest BCUT2D eigenvalue weighted by molar-refractivity contribution is 0.0950. The molecule has 2 rings (SSSR count). The molecule has 0 radical (unpaired) electrons. The highest BCUT2D eigenvalue weighted by Crippen LogP contribution is 2.10. The van der Waals surface area contributed by atoms with Crippen LogP contribution in [0.5, 0.6) is 0 Å². The van der Waals surface area contributed by atoms with Gasteiger partial charge in [-0.3, -0.25) is 4.79 Å². The van der Waals surface area contributed by atoms with Gasteiger partial charge in [-0.1, -0.05) is 0 Å². The minimum atomic E-state index is -0.0686. The Balaban J connectivity index is 1.80. The Morgan fingerprint density at radius 1 is 1.56 bits per heavy atom. The van der Waals surface area contributed by atoms with Gasteiger partial charge in [-0.25, -0.2) is 0 Å². The van der Waals surface area contributed by atoms with Gasteiger partial charge in [-0.15, -0.1) is 0 Å². The van der Waals surface area contributed by atoms with Gasteiger partial charge in [0.2, 0.25) is 0 Å². The Hall–Kier alpha value is -1.07. The molecule has 0 atom stereocenters. The van der Waals surface area contributed by atoms with E-state index in [1.807, 2.05) is 5.38 Å². The van der Waals surface area contributed by atoms with E-state index < -0.39 is 0 Å². The number of thiophene rings is 1. The number of hydrogen-bond acceptors (Lipinski definition) is 2. The van der Waals surface area contributed by atoms with Crippen LogP contribution in [0.1, 0.15) is 16.1 Å². The van der Waals surface area contributed by atoms with Crippen molar-refractivity contribution in [1.82, 2.24) is 10.3 Å². The fourth-order valence-electron chi connectivity index (χ4n) is 1.35. The van der Waals surface area contributed by atoms with Gasteiger partial charge in [-0.2, -0.15) is 11.3 Å². The number of nitrogens with one attached hydrogen (secondary N) is 2. The lowest BCUT2D eigenvalue weighted by atomic mass is 10.2. The molecular weight excluding hydrogens is 288 g/mol. The Morgan fingerprint density at radius 3 is 3.06 bits per heavy atom. The second-order valence-corrected chi connectivity index (χ2v) is 5.06. The van der Waals surface area contributed by atoms with Crippen molar-refractivity contribution in [2.75, 3.05) is 6.54 Å². The number of amides is 1. The molecule has 2 aromatic heterocycles. The molecule has 1 amide bonds. The highest BCUT2D eigenvalue weighted by atomic mass is 79.9. The number of aromatic amines is 1. The highest BCUT2D eigenvalue weighted by Gasteiger charge is 2.06. The van der Waals surface area contributed by atoms with Crippen LogP contribution in [0.15, 0.2) is 33.6 Å². The topological polar surface area (TPSA) is 44.9 Å². The normalized spacial score (nSPS) is 10.3. The Labute approximate surface area is 106 Å². The first kappa shape index (κ1) is 11.4. The summed E-state index contributed by atoms with van der Waals surface area (Å²) in [6, 6.07) is 3.84. The van der Waals surface area contributed by atoms with Crippen molar-refractivity contribution < 1.29 is 4.79 Å². The first-order valence-electron chi connectivity index (χ1n) is 4.89. The number of hydrogen-bond donors (Lipinski definition) is 2. The average Bonchev–Trinajstić information content (AvgIpc) is 2.89. The van der Waals surface area contributed by atoms with Crippen LogP contribution in [0, 0.1) is 0 Å². The molecule has 3 nitrogen and oxygen atoms in total. The summed E-state index contributed by atoms with van der Waals surface area (Å²) >= 11 is 4.96. The maximum absolute atomic E-state index is 11.6. The Bertz CT molecular complexity index is 464. The van der Waals surface area contributed by atoms with E-state index in [-0.39, 0.29) is 5.91 Å². The average molecular weight is 299 g/mol. The van der Waals surface area contributed by atoms with Crippen LogP contribution in [-0.2, 0) is 6.42 Å². The standard InChI is InChI=1S/C11H11BrN2OS/c12-9-5-10(14-6-9)11(15)13-3-1-8-2-4-16-7-8/h2,4-7,14H,1,3H2,(H,13,15). The summed E-state index contributed by atoms with van der Waals surface area (Å²) in [6.07, 6.45) is 2.62. The minimum Gasteiger partial charge on any atom is -0.356 e. The monoisotopic (exact) mass is 298 g/mol. The molecular formula is C11H11BrN2OS. The third-order valence-electron chi connectivity index (χ3n) is 2.17. The summed E-state index contributed by atoms with van der Waals surface area (Å²) in [4.78, 5) is 14.5. The molecule has 0 saturated heterocycles. The van der Waals surface area contributed by atoms with Crippen molar-refractivity contribution in [3.8, 4) is 0 Å². The molecule has 0 aliphatic heterocycles. The van der Waals surface area contributed by atoms with Gasteiger partial charge in [0.15, 0.2) is 0 Å². The van der Waals surface area contributed by atoms with Crippen molar-refractivity contribution in [2.45, 2.75) is 6.42 Å². The maximum atomic E-state index is 11.6. The van der Waals surface area contributed by atoms with Gasteiger partial charge >= 0.3 is 0 Å². The van der Waals surface area contributed by atoms with E-state index in [0.29, 0.717) is 12.2 Å². The van der Waals surface area contributed by atoms with E-state index in [4.69, 9.17) is 0 Å². The molecule has 0 aromatic carbocycles. The van der Waals surface area contributed by atoms with Crippen molar-refractivity contribution in [3.63, 3.8) is 0 Å². The molecule has 0 aliphatic carbocycles. The summed E-state index contributed by atoms with van der Waals surface area (Å²) in [7, 11) is 0. The lowest BCUT2D eigenvalue weighted by Crippen LogP contribution is -2.25. The van der Waals surface area contributed by atoms with E-state index in [1.165, 1.54) is 5.56 Å². The summed E-state index contributed by atoms with van der Waals surface area (Å²) in [5.41, 5.74) is 1.84. The van der Waals surface area contributed by atoms with Gasteiger partial charge in [-0.05, 0) is 50.8 Å².